The van der Waals surface area contributed by atoms with Gasteiger partial charge in [-0.05, 0) is 6.92 Å². The molecule has 0 spiro atoms. The zero-order valence-corrected chi connectivity index (χ0v) is 14.4. The molecule has 4 heterocycles. The quantitative estimate of drug-likeness (QED) is 0.831. The third-order valence-electron chi connectivity index (χ3n) is 4.41. The van der Waals surface area contributed by atoms with Gasteiger partial charge in [-0.3, -0.25) is 10.3 Å². The molecule has 2 N–H and O–H groups in total. The molecule has 0 bridgehead atoms. The van der Waals surface area contributed by atoms with Gasteiger partial charge in [-0.15, -0.1) is 0 Å². The van der Waals surface area contributed by atoms with E-state index in [-0.39, 0.29) is 17.1 Å². The van der Waals surface area contributed by atoms with Gasteiger partial charge in [0.1, 0.15) is 29.4 Å². The molecule has 1 amide bonds. The fraction of sp³-hybridized carbons (Fsp3) is 0.438. The zero-order chi connectivity index (χ0) is 19.0. The second kappa shape index (κ2) is 6.99. The van der Waals surface area contributed by atoms with Crippen LogP contribution in [0.4, 0.5) is 25.2 Å². The first-order valence-electron chi connectivity index (χ1n) is 8.44. The fourth-order valence-corrected chi connectivity index (χ4v) is 3.21. The second-order valence-electron chi connectivity index (χ2n) is 6.33. The Bertz CT molecular complexity index is 866. The molecule has 2 aliphatic rings. The zero-order valence-electron chi connectivity index (χ0n) is 14.4. The summed E-state index contributed by atoms with van der Waals surface area (Å²) in [4.78, 5) is 30.3. The molecule has 1 unspecified atom stereocenters. The van der Waals surface area contributed by atoms with E-state index in [2.05, 4.69) is 42.4 Å². The summed E-state index contributed by atoms with van der Waals surface area (Å²) in [6.07, 6.45) is -1.43. The summed E-state index contributed by atoms with van der Waals surface area (Å²) in [7, 11) is 0. The van der Waals surface area contributed by atoms with E-state index in [1.807, 2.05) is 0 Å². The van der Waals surface area contributed by atoms with E-state index in [1.165, 1.54) is 12.5 Å². The highest BCUT2D eigenvalue weighted by Crippen LogP contribution is 2.38. The number of rotatable bonds is 3. The Labute approximate surface area is 153 Å². The molecule has 2 aromatic rings. The van der Waals surface area contributed by atoms with Crippen LogP contribution >= 0.6 is 0 Å². The average molecular weight is 377 g/mol. The van der Waals surface area contributed by atoms with E-state index in [0.717, 1.165) is 19.6 Å². The molecular formula is C16H17F2N7O2. The Morgan fingerprint density at radius 3 is 2.96 bits per heavy atom. The molecule has 1 fully saturated rings. The number of carbonyl (C=O) groups excluding carboxylic acids is 1. The number of amides is 1. The molecule has 4 rings (SSSR count). The number of nitrogens with zero attached hydrogens (tertiary/aromatic N) is 5. The highest BCUT2D eigenvalue weighted by molar-refractivity contribution is 5.88. The monoisotopic (exact) mass is 377 g/mol. The molecule has 9 nitrogen and oxygen atoms in total. The van der Waals surface area contributed by atoms with Crippen LogP contribution in [-0.2, 0) is 4.74 Å². The van der Waals surface area contributed by atoms with Crippen LogP contribution in [0, 0.1) is 0 Å². The predicted octanol–water partition coefficient (Wildman–Crippen LogP) is 1.60. The van der Waals surface area contributed by atoms with Crippen LogP contribution in [0.15, 0.2) is 18.7 Å². The van der Waals surface area contributed by atoms with Gasteiger partial charge in [0.25, 0.3) is 6.43 Å². The molecule has 0 aliphatic carbocycles. The van der Waals surface area contributed by atoms with Gasteiger partial charge in [0.05, 0.1) is 18.0 Å². The van der Waals surface area contributed by atoms with Crippen LogP contribution in [0.2, 0.25) is 0 Å². The predicted molar refractivity (Wildman–Crippen MR) is 91.6 cm³/mol. The topological polar surface area (TPSA) is 105 Å². The standard InChI is InChI=1S/C16H17F2N7O2/c1-8-6-25(3-2-20-8)10-5-19-4-9(23-10)12-11-13(14(17)18)27-16(26)24-15(11)22-7-21-12/h4-5,7-8,13-14,20H,2-3,6H2,1H3,(H,21,22,24,26)/t8-,13?/m0/s1. The van der Waals surface area contributed by atoms with Gasteiger partial charge in [-0.25, -0.2) is 28.5 Å². The average Bonchev–Trinajstić information content (AvgIpc) is 2.66. The van der Waals surface area contributed by atoms with Crippen LogP contribution < -0.4 is 15.5 Å². The number of piperazine rings is 1. The highest BCUT2D eigenvalue weighted by atomic mass is 19.3. The summed E-state index contributed by atoms with van der Waals surface area (Å²) in [6, 6.07) is 0.294. The molecule has 142 valence electrons. The molecule has 2 aliphatic heterocycles. The minimum Gasteiger partial charge on any atom is -0.435 e. The van der Waals surface area contributed by atoms with E-state index < -0.39 is 18.6 Å². The first-order chi connectivity index (χ1) is 13.0. The van der Waals surface area contributed by atoms with Crippen molar-refractivity contribution < 1.29 is 18.3 Å². The minimum absolute atomic E-state index is 0.00720. The largest absolute Gasteiger partial charge is 0.435 e. The lowest BCUT2D eigenvalue weighted by Gasteiger charge is -2.32. The smallest absolute Gasteiger partial charge is 0.413 e. The number of ether oxygens (including phenoxy) is 1. The summed E-state index contributed by atoms with van der Waals surface area (Å²) >= 11 is 0. The summed E-state index contributed by atoms with van der Waals surface area (Å²) in [5.41, 5.74) is 0.456. The maximum atomic E-state index is 13.5. The number of anilines is 2. The molecule has 2 aromatic heterocycles. The summed E-state index contributed by atoms with van der Waals surface area (Å²) in [5.74, 6) is 0.618. The Morgan fingerprint density at radius 1 is 1.33 bits per heavy atom. The first-order valence-corrected chi connectivity index (χ1v) is 8.44. The third-order valence-corrected chi connectivity index (χ3v) is 4.41. The summed E-state index contributed by atoms with van der Waals surface area (Å²) in [6.45, 7) is 4.38. The van der Waals surface area contributed by atoms with Crippen LogP contribution in [0.25, 0.3) is 11.4 Å². The van der Waals surface area contributed by atoms with Crippen molar-refractivity contribution in [1.82, 2.24) is 25.3 Å². The van der Waals surface area contributed by atoms with Crippen LogP contribution in [0.5, 0.6) is 0 Å². The van der Waals surface area contributed by atoms with Crippen LogP contribution in [0.1, 0.15) is 18.6 Å². The SMILES string of the molecule is C[C@H]1CN(c2cncc(-c3ncnc4c3C(C(F)F)OC(=O)N4)n2)CCN1. The van der Waals surface area contributed by atoms with Gasteiger partial charge < -0.3 is 15.0 Å². The van der Waals surface area contributed by atoms with Crippen molar-refractivity contribution in [2.75, 3.05) is 29.9 Å². The molecule has 27 heavy (non-hydrogen) atoms. The van der Waals surface area contributed by atoms with Crippen molar-refractivity contribution >= 4 is 17.7 Å². The lowest BCUT2D eigenvalue weighted by Crippen LogP contribution is -2.49. The van der Waals surface area contributed by atoms with Crippen molar-refractivity contribution in [3.05, 3.63) is 24.3 Å². The molecule has 0 saturated carbocycles. The lowest BCUT2D eigenvalue weighted by atomic mass is 10.0. The maximum absolute atomic E-state index is 13.5. The normalized spacial score (nSPS) is 22.2. The molecule has 1 saturated heterocycles. The number of cyclic esters (lactones) is 1. The van der Waals surface area contributed by atoms with Gasteiger partial charge in [0, 0.05) is 25.7 Å². The molecular weight excluding hydrogens is 360 g/mol. The van der Waals surface area contributed by atoms with Crippen LogP contribution in [0.3, 0.4) is 0 Å². The number of fused-ring (bicyclic) bond motifs is 1. The molecule has 0 radical (unpaired) electrons. The minimum atomic E-state index is -2.93. The highest BCUT2D eigenvalue weighted by Gasteiger charge is 2.37. The van der Waals surface area contributed by atoms with Gasteiger partial charge in [-0.1, -0.05) is 0 Å². The van der Waals surface area contributed by atoms with E-state index in [4.69, 9.17) is 4.74 Å². The first kappa shape index (κ1) is 17.5. The summed E-state index contributed by atoms with van der Waals surface area (Å²) in [5, 5.41) is 5.67. The van der Waals surface area contributed by atoms with E-state index in [0.29, 0.717) is 17.6 Å². The Kier molecular flexibility index (Phi) is 4.52. The van der Waals surface area contributed by atoms with Gasteiger partial charge in [0.15, 0.2) is 6.10 Å². The lowest BCUT2D eigenvalue weighted by molar-refractivity contribution is -0.0170. The van der Waals surface area contributed by atoms with E-state index >= 15 is 0 Å². The number of hydrogen-bond donors (Lipinski definition) is 2. The number of hydrogen-bond acceptors (Lipinski definition) is 8. The Balaban J connectivity index is 1.75. The van der Waals surface area contributed by atoms with Crippen molar-refractivity contribution in [2.45, 2.75) is 25.5 Å². The second-order valence-corrected chi connectivity index (χ2v) is 6.33. The number of alkyl halides is 2. The fourth-order valence-electron chi connectivity index (χ4n) is 3.21. The van der Waals surface area contributed by atoms with Crippen molar-refractivity contribution in [3.63, 3.8) is 0 Å². The number of nitrogens with one attached hydrogen (secondary N) is 2. The maximum Gasteiger partial charge on any atom is 0.413 e. The molecule has 2 atom stereocenters. The Hall–Kier alpha value is -2.95. The van der Waals surface area contributed by atoms with Gasteiger partial charge in [-0.2, -0.15) is 0 Å². The summed E-state index contributed by atoms with van der Waals surface area (Å²) < 4.78 is 31.7. The number of carbonyl (C=O) groups is 1. The van der Waals surface area contributed by atoms with Crippen molar-refractivity contribution in [1.29, 1.82) is 0 Å². The van der Waals surface area contributed by atoms with Crippen molar-refractivity contribution in [2.24, 2.45) is 0 Å². The molecule has 11 heteroatoms. The van der Waals surface area contributed by atoms with Crippen LogP contribution in [-0.4, -0.2) is 58.1 Å². The number of aromatic nitrogens is 4. The van der Waals surface area contributed by atoms with E-state index in [1.54, 1.807) is 6.20 Å². The van der Waals surface area contributed by atoms with Crippen molar-refractivity contribution in [3.8, 4) is 11.4 Å². The molecule has 0 aromatic carbocycles. The third kappa shape index (κ3) is 3.37. The van der Waals surface area contributed by atoms with Gasteiger partial charge >= 0.3 is 6.09 Å². The van der Waals surface area contributed by atoms with E-state index in [9.17, 15) is 13.6 Å². The number of halogens is 2. The van der Waals surface area contributed by atoms with Gasteiger partial charge in [0.2, 0.25) is 0 Å². The Morgan fingerprint density at radius 2 is 2.19 bits per heavy atom.